The molecule has 3 rings (SSSR count). The Morgan fingerprint density at radius 3 is 3.00 bits per heavy atom. The fourth-order valence-corrected chi connectivity index (χ4v) is 2.52. The first kappa shape index (κ1) is 12.3. The van der Waals surface area contributed by atoms with Crippen LogP contribution in [0.15, 0.2) is 47.5 Å². The number of aromatic nitrogens is 3. The van der Waals surface area contributed by atoms with E-state index in [2.05, 4.69) is 30.9 Å². The summed E-state index contributed by atoms with van der Waals surface area (Å²) >= 11 is 3.45. The molecule has 3 aromatic rings. The topological polar surface area (TPSA) is 50.8 Å². The van der Waals surface area contributed by atoms with Crippen LogP contribution in [0.3, 0.4) is 0 Å². The molecular formula is C14H12BrN3O. The number of nitrogens with one attached hydrogen (secondary N) is 1. The Labute approximate surface area is 119 Å². The van der Waals surface area contributed by atoms with Gasteiger partial charge in [-0.1, -0.05) is 6.07 Å². The molecule has 3 heterocycles. The van der Waals surface area contributed by atoms with E-state index in [0.717, 1.165) is 26.6 Å². The van der Waals surface area contributed by atoms with E-state index >= 15 is 0 Å². The number of ether oxygens (including phenoxy) is 1. The minimum absolute atomic E-state index is 0.154. The van der Waals surface area contributed by atoms with Crippen LogP contribution in [0.5, 0.6) is 0 Å². The summed E-state index contributed by atoms with van der Waals surface area (Å²) in [6, 6.07) is 5.95. The summed E-state index contributed by atoms with van der Waals surface area (Å²) in [5, 5.41) is 1.05. The minimum atomic E-state index is -0.154. The lowest BCUT2D eigenvalue weighted by Crippen LogP contribution is -2.03. The fourth-order valence-electron chi connectivity index (χ4n) is 2.19. The maximum absolute atomic E-state index is 5.63. The Kier molecular flexibility index (Phi) is 3.31. The molecule has 1 atom stereocenters. The van der Waals surface area contributed by atoms with Crippen molar-refractivity contribution in [3.05, 3.63) is 58.6 Å². The van der Waals surface area contributed by atoms with E-state index in [1.807, 2.05) is 30.6 Å². The van der Waals surface area contributed by atoms with Crippen LogP contribution in [0, 0.1) is 0 Å². The summed E-state index contributed by atoms with van der Waals surface area (Å²) in [5.41, 5.74) is 2.93. The molecule has 0 radical (unpaired) electrons. The predicted octanol–water partition coefficient (Wildman–Crippen LogP) is 3.46. The zero-order valence-corrected chi connectivity index (χ0v) is 11.9. The first-order chi connectivity index (χ1) is 9.29. The molecule has 0 aliphatic carbocycles. The van der Waals surface area contributed by atoms with Crippen LogP contribution in [0.2, 0.25) is 0 Å². The molecular weight excluding hydrogens is 306 g/mol. The van der Waals surface area contributed by atoms with Crippen LogP contribution in [0.1, 0.15) is 17.2 Å². The number of hydrogen-bond donors (Lipinski definition) is 1. The molecule has 96 valence electrons. The summed E-state index contributed by atoms with van der Waals surface area (Å²) in [6.45, 7) is 0. The molecule has 0 spiro atoms. The average molecular weight is 318 g/mol. The van der Waals surface area contributed by atoms with Crippen molar-refractivity contribution in [2.45, 2.75) is 6.10 Å². The lowest BCUT2D eigenvalue weighted by Gasteiger charge is -2.14. The second-order valence-electron chi connectivity index (χ2n) is 4.20. The Morgan fingerprint density at radius 2 is 2.26 bits per heavy atom. The number of halogens is 1. The monoisotopic (exact) mass is 317 g/mol. The first-order valence-electron chi connectivity index (χ1n) is 5.85. The van der Waals surface area contributed by atoms with Gasteiger partial charge in [0.1, 0.15) is 11.8 Å². The number of aromatic amines is 1. The molecule has 0 fully saturated rings. The minimum Gasteiger partial charge on any atom is -0.372 e. The van der Waals surface area contributed by atoms with E-state index < -0.39 is 0 Å². The molecule has 0 amide bonds. The Morgan fingerprint density at radius 1 is 1.37 bits per heavy atom. The van der Waals surface area contributed by atoms with Crippen molar-refractivity contribution in [2.75, 3.05) is 7.11 Å². The van der Waals surface area contributed by atoms with E-state index in [9.17, 15) is 0 Å². The lowest BCUT2D eigenvalue weighted by atomic mass is 10.0. The summed E-state index contributed by atoms with van der Waals surface area (Å²) < 4.78 is 6.57. The third-order valence-corrected chi connectivity index (χ3v) is 3.47. The number of pyridine rings is 2. The van der Waals surface area contributed by atoms with Gasteiger partial charge >= 0.3 is 0 Å². The summed E-state index contributed by atoms with van der Waals surface area (Å²) in [4.78, 5) is 11.7. The second-order valence-corrected chi connectivity index (χ2v) is 5.11. The third-order valence-electron chi connectivity index (χ3n) is 3.04. The molecule has 19 heavy (non-hydrogen) atoms. The van der Waals surface area contributed by atoms with Crippen molar-refractivity contribution in [1.29, 1.82) is 0 Å². The molecule has 1 unspecified atom stereocenters. The first-order valence-corrected chi connectivity index (χ1v) is 6.64. The second kappa shape index (κ2) is 5.11. The Hall–Kier alpha value is -1.72. The summed E-state index contributed by atoms with van der Waals surface area (Å²) in [5.74, 6) is 0. The van der Waals surface area contributed by atoms with Gasteiger partial charge in [0, 0.05) is 52.9 Å². The standard InChI is InChI=1S/C14H12BrN3O/c1-19-13(9-3-2-4-16-6-9)12-8-18-14-11(12)5-10(15)7-17-14/h2-8,13H,1H3,(H,17,18). The highest BCUT2D eigenvalue weighted by Crippen LogP contribution is 2.31. The lowest BCUT2D eigenvalue weighted by molar-refractivity contribution is 0.137. The number of methoxy groups -OCH3 is 1. The molecule has 0 aliphatic heterocycles. The summed E-state index contributed by atoms with van der Waals surface area (Å²) in [6.07, 6.45) is 7.13. The molecule has 0 aromatic carbocycles. The van der Waals surface area contributed by atoms with E-state index in [1.54, 1.807) is 19.5 Å². The predicted molar refractivity (Wildman–Crippen MR) is 76.9 cm³/mol. The molecule has 5 heteroatoms. The van der Waals surface area contributed by atoms with Crippen molar-refractivity contribution < 1.29 is 4.74 Å². The molecule has 0 saturated heterocycles. The van der Waals surface area contributed by atoms with Gasteiger partial charge in [-0.05, 0) is 28.1 Å². The van der Waals surface area contributed by atoms with Crippen molar-refractivity contribution in [1.82, 2.24) is 15.0 Å². The molecule has 3 aromatic heterocycles. The molecule has 0 aliphatic rings. The van der Waals surface area contributed by atoms with Gasteiger partial charge in [-0.3, -0.25) is 4.98 Å². The normalized spacial score (nSPS) is 12.7. The molecule has 0 bridgehead atoms. The van der Waals surface area contributed by atoms with Gasteiger partial charge in [0.05, 0.1) is 0 Å². The maximum Gasteiger partial charge on any atom is 0.137 e. The Balaban J connectivity index is 2.14. The van der Waals surface area contributed by atoms with E-state index in [4.69, 9.17) is 4.74 Å². The van der Waals surface area contributed by atoms with Crippen LogP contribution in [0.4, 0.5) is 0 Å². The van der Waals surface area contributed by atoms with Crippen LogP contribution < -0.4 is 0 Å². The quantitative estimate of drug-likeness (QED) is 0.804. The largest absolute Gasteiger partial charge is 0.372 e. The zero-order chi connectivity index (χ0) is 13.2. The van der Waals surface area contributed by atoms with Gasteiger partial charge in [0.25, 0.3) is 0 Å². The highest BCUT2D eigenvalue weighted by atomic mass is 79.9. The highest BCUT2D eigenvalue weighted by molar-refractivity contribution is 9.10. The van der Waals surface area contributed by atoms with Crippen molar-refractivity contribution in [3.63, 3.8) is 0 Å². The van der Waals surface area contributed by atoms with Gasteiger partial charge in [-0.25, -0.2) is 4.98 Å². The molecule has 4 nitrogen and oxygen atoms in total. The van der Waals surface area contributed by atoms with Crippen molar-refractivity contribution in [3.8, 4) is 0 Å². The van der Waals surface area contributed by atoms with E-state index in [-0.39, 0.29) is 6.10 Å². The average Bonchev–Trinajstić information content (AvgIpc) is 2.84. The molecule has 0 saturated carbocycles. The van der Waals surface area contributed by atoms with Gasteiger partial charge < -0.3 is 9.72 Å². The molecule has 1 N–H and O–H groups in total. The smallest absolute Gasteiger partial charge is 0.137 e. The number of hydrogen-bond acceptors (Lipinski definition) is 3. The van der Waals surface area contributed by atoms with Crippen molar-refractivity contribution >= 4 is 27.0 Å². The number of nitrogens with zero attached hydrogens (tertiary/aromatic N) is 2. The van der Waals surface area contributed by atoms with E-state index in [0.29, 0.717) is 0 Å². The van der Waals surface area contributed by atoms with Gasteiger partial charge in [-0.2, -0.15) is 0 Å². The van der Waals surface area contributed by atoms with Crippen LogP contribution >= 0.6 is 15.9 Å². The van der Waals surface area contributed by atoms with Crippen LogP contribution in [0.25, 0.3) is 11.0 Å². The van der Waals surface area contributed by atoms with Crippen LogP contribution in [-0.2, 0) is 4.74 Å². The van der Waals surface area contributed by atoms with Gasteiger partial charge in [0.15, 0.2) is 0 Å². The Bertz CT molecular complexity index is 696. The number of rotatable bonds is 3. The maximum atomic E-state index is 5.63. The zero-order valence-electron chi connectivity index (χ0n) is 10.3. The number of H-pyrrole nitrogens is 1. The SMILES string of the molecule is COC(c1cccnc1)c1c[nH]c2ncc(Br)cc12. The van der Waals surface area contributed by atoms with Crippen LogP contribution in [-0.4, -0.2) is 22.1 Å². The van der Waals surface area contributed by atoms with Gasteiger partial charge in [0.2, 0.25) is 0 Å². The van der Waals surface area contributed by atoms with E-state index in [1.165, 1.54) is 0 Å². The number of fused-ring (bicyclic) bond motifs is 1. The summed E-state index contributed by atoms with van der Waals surface area (Å²) in [7, 11) is 1.70. The van der Waals surface area contributed by atoms with Crippen molar-refractivity contribution in [2.24, 2.45) is 0 Å². The van der Waals surface area contributed by atoms with Gasteiger partial charge in [-0.15, -0.1) is 0 Å². The third kappa shape index (κ3) is 2.27. The fraction of sp³-hybridized carbons (Fsp3) is 0.143. The highest BCUT2D eigenvalue weighted by Gasteiger charge is 2.18.